The molecule has 1 heterocycles. The fraction of sp³-hybridized carbons (Fsp3) is 0.455. The van der Waals surface area contributed by atoms with E-state index in [4.69, 9.17) is 4.74 Å². The zero-order chi connectivity index (χ0) is 17.5. The number of benzene rings is 2. The van der Waals surface area contributed by atoms with E-state index in [-0.39, 0.29) is 24.8 Å². The summed E-state index contributed by atoms with van der Waals surface area (Å²) in [5.41, 5.74) is 2.54. The highest BCUT2D eigenvalue weighted by Gasteiger charge is 2.28. The first-order valence-corrected chi connectivity index (χ1v) is 9.50. The number of para-hydroxylation sites is 1. The molecule has 0 aromatic heterocycles. The van der Waals surface area contributed by atoms with Crippen LogP contribution in [0.15, 0.2) is 54.6 Å². The Morgan fingerprint density at radius 1 is 0.963 bits per heavy atom. The topological polar surface area (TPSA) is 24.5 Å². The van der Waals surface area contributed by atoms with E-state index in [1.165, 1.54) is 17.5 Å². The van der Waals surface area contributed by atoms with Crippen LogP contribution in [0.2, 0.25) is 0 Å². The van der Waals surface area contributed by atoms with Gasteiger partial charge in [-0.15, -0.1) is 24.8 Å². The lowest BCUT2D eigenvalue weighted by atomic mass is 9.90. The molecule has 0 radical (unpaired) electrons. The van der Waals surface area contributed by atoms with Gasteiger partial charge in [-0.3, -0.25) is 4.90 Å². The van der Waals surface area contributed by atoms with E-state index in [0.29, 0.717) is 18.6 Å². The molecule has 1 N–H and O–H groups in total. The van der Waals surface area contributed by atoms with Crippen LogP contribution in [0.3, 0.4) is 0 Å². The number of nitrogens with one attached hydrogen (secondary N) is 1. The van der Waals surface area contributed by atoms with Gasteiger partial charge in [0, 0.05) is 37.8 Å². The molecule has 1 aliphatic heterocycles. The second-order valence-electron chi connectivity index (χ2n) is 6.93. The highest BCUT2D eigenvalue weighted by Crippen LogP contribution is 2.36. The van der Waals surface area contributed by atoms with Gasteiger partial charge >= 0.3 is 0 Å². The smallest absolute Gasteiger partial charge is 0.124 e. The van der Waals surface area contributed by atoms with Crippen molar-refractivity contribution in [3.05, 3.63) is 65.7 Å². The Hall–Kier alpha value is -1.26. The van der Waals surface area contributed by atoms with Crippen molar-refractivity contribution in [3.8, 4) is 5.75 Å². The van der Waals surface area contributed by atoms with E-state index in [1.807, 2.05) is 6.07 Å². The molecule has 150 valence electrons. The van der Waals surface area contributed by atoms with Crippen LogP contribution in [0.5, 0.6) is 5.75 Å². The Balaban J connectivity index is 0.00000182. The van der Waals surface area contributed by atoms with Crippen molar-refractivity contribution in [2.24, 2.45) is 5.92 Å². The van der Waals surface area contributed by atoms with E-state index in [0.717, 1.165) is 31.9 Å². The second-order valence-corrected chi connectivity index (χ2v) is 6.93. The lowest BCUT2D eigenvalue weighted by Crippen LogP contribution is -2.46. The fourth-order valence-electron chi connectivity index (χ4n) is 3.64. The van der Waals surface area contributed by atoms with Gasteiger partial charge in [0.2, 0.25) is 0 Å². The van der Waals surface area contributed by atoms with E-state index in [2.05, 4.69) is 72.6 Å². The molecule has 3 nitrogen and oxygen atoms in total. The summed E-state index contributed by atoms with van der Waals surface area (Å²) in [6.45, 7) is 9.60. The number of halogens is 2. The maximum Gasteiger partial charge on any atom is 0.124 e. The summed E-state index contributed by atoms with van der Waals surface area (Å²) < 4.78 is 6.25. The summed E-state index contributed by atoms with van der Waals surface area (Å²) in [4.78, 5) is 2.62. The number of ether oxygens (including phenoxy) is 1. The van der Waals surface area contributed by atoms with Gasteiger partial charge in [-0.2, -0.15) is 0 Å². The summed E-state index contributed by atoms with van der Waals surface area (Å²) in [5, 5.41) is 3.47. The Bertz CT molecular complexity index is 648. The normalized spacial score (nSPS) is 16.5. The van der Waals surface area contributed by atoms with Crippen LogP contribution in [0.25, 0.3) is 0 Å². The molecular weight excluding hydrogens is 379 g/mol. The quantitative estimate of drug-likeness (QED) is 0.686. The first-order valence-electron chi connectivity index (χ1n) is 9.50. The van der Waals surface area contributed by atoms with E-state index in [1.54, 1.807) is 0 Å². The van der Waals surface area contributed by atoms with Gasteiger partial charge in [-0.25, -0.2) is 0 Å². The van der Waals surface area contributed by atoms with Gasteiger partial charge in [-0.1, -0.05) is 68.8 Å². The zero-order valence-electron chi connectivity index (χ0n) is 16.3. The van der Waals surface area contributed by atoms with Crippen LogP contribution in [0.1, 0.15) is 37.4 Å². The molecule has 1 aliphatic rings. The lowest BCUT2D eigenvalue weighted by Gasteiger charge is -2.39. The highest BCUT2D eigenvalue weighted by atomic mass is 35.5. The van der Waals surface area contributed by atoms with Gasteiger partial charge < -0.3 is 10.1 Å². The van der Waals surface area contributed by atoms with E-state index in [9.17, 15) is 0 Å². The zero-order valence-corrected chi connectivity index (χ0v) is 17.9. The molecule has 1 fully saturated rings. The molecule has 2 aromatic carbocycles. The van der Waals surface area contributed by atoms with Crippen molar-refractivity contribution in [1.29, 1.82) is 0 Å². The number of nitrogens with zero attached hydrogens (tertiary/aromatic N) is 1. The van der Waals surface area contributed by atoms with Gasteiger partial charge in [0.05, 0.1) is 0 Å². The average Bonchev–Trinajstić information content (AvgIpc) is 2.69. The van der Waals surface area contributed by atoms with Crippen LogP contribution >= 0.6 is 24.8 Å². The summed E-state index contributed by atoms with van der Waals surface area (Å²) in [5.74, 6) is 1.62. The molecule has 27 heavy (non-hydrogen) atoms. The third kappa shape index (κ3) is 6.39. The third-order valence-electron chi connectivity index (χ3n) is 5.20. The molecule has 0 saturated carbocycles. The molecule has 2 atom stereocenters. The Morgan fingerprint density at radius 3 is 2.26 bits per heavy atom. The minimum Gasteiger partial charge on any atom is -0.489 e. The van der Waals surface area contributed by atoms with Crippen LogP contribution in [-0.2, 0) is 6.61 Å². The van der Waals surface area contributed by atoms with Crippen molar-refractivity contribution < 1.29 is 4.74 Å². The van der Waals surface area contributed by atoms with E-state index >= 15 is 0 Å². The molecule has 5 heteroatoms. The molecule has 1 unspecified atom stereocenters. The Labute approximate surface area is 176 Å². The maximum absolute atomic E-state index is 6.25. The largest absolute Gasteiger partial charge is 0.489 e. The third-order valence-corrected chi connectivity index (χ3v) is 5.20. The first-order chi connectivity index (χ1) is 12.3. The lowest BCUT2D eigenvalue weighted by molar-refractivity contribution is 0.125. The van der Waals surface area contributed by atoms with Gasteiger partial charge in [0.15, 0.2) is 0 Å². The summed E-state index contributed by atoms with van der Waals surface area (Å²) in [7, 11) is 0. The Morgan fingerprint density at radius 2 is 1.59 bits per heavy atom. The van der Waals surface area contributed by atoms with Gasteiger partial charge in [0.25, 0.3) is 0 Å². The highest BCUT2D eigenvalue weighted by molar-refractivity contribution is 5.85. The summed E-state index contributed by atoms with van der Waals surface area (Å²) >= 11 is 0. The van der Waals surface area contributed by atoms with Gasteiger partial charge in [-0.05, 0) is 17.5 Å². The van der Waals surface area contributed by atoms with Crippen molar-refractivity contribution >= 4 is 24.8 Å². The molecule has 0 aliphatic carbocycles. The predicted octanol–water partition coefficient (Wildman–Crippen LogP) is 5.10. The Kier molecular flexibility index (Phi) is 10.8. The molecule has 3 rings (SSSR count). The minimum absolute atomic E-state index is 0. The average molecular weight is 411 g/mol. The summed E-state index contributed by atoms with van der Waals surface area (Å²) in [6.07, 6.45) is 1.17. The van der Waals surface area contributed by atoms with Crippen molar-refractivity contribution in [3.63, 3.8) is 0 Å². The molecule has 2 aromatic rings. The number of piperazine rings is 1. The van der Waals surface area contributed by atoms with Gasteiger partial charge in [0.1, 0.15) is 12.4 Å². The second kappa shape index (κ2) is 12.2. The number of hydrogen-bond donors (Lipinski definition) is 1. The van der Waals surface area contributed by atoms with Crippen molar-refractivity contribution in [1.82, 2.24) is 10.2 Å². The molecule has 1 saturated heterocycles. The van der Waals surface area contributed by atoms with Crippen LogP contribution in [0.4, 0.5) is 0 Å². The molecule has 0 bridgehead atoms. The van der Waals surface area contributed by atoms with E-state index < -0.39 is 0 Å². The monoisotopic (exact) mass is 410 g/mol. The molecule has 0 amide bonds. The van der Waals surface area contributed by atoms with Crippen molar-refractivity contribution in [2.45, 2.75) is 32.9 Å². The summed E-state index contributed by atoms with van der Waals surface area (Å²) in [6, 6.07) is 19.4. The fourth-order valence-corrected chi connectivity index (χ4v) is 3.64. The standard InChI is InChI=1S/C22H30N2O.2ClH/c1-3-18(2)22(24-15-13-23-14-16-24)20-11-7-8-12-21(20)25-17-19-9-5-4-6-10-19;;/h4-12,18,22-23H,3,13-17H2,1-2H3;2*1H/t18?,22-;;/m1../s1. The van der Waals surface area contributed by atoms with Crippen LogP contribution in [0, 0.1) is 5.92 Å². The number of hydrogen-bond acceptors (Lipinski definition) is 3. The molecular formula is C22H32Cl2N2O. The van der Waals surface area contributed by atoms with Crippen molar-refractivity contribution in [2.75, 3.05) is 26.2 Å². The van der Waals surface area contributed by atoms with Crippen LogP contribution in [-0.4, -0.2) is 31.1 Å². The SMILES string of the molecule is CCC(C)[C@H](c1ccccc1OCc1ccccc1)N1CCNCC1.Cl.Cl. The maximum atomic E-state index is 6.25. The first kappa shape index (κ1) is 23.8. The minimum atomic E-state index is 0. The predicted molar refractivity (Wildman–Crippen MR) is 118 cm³/mol. The molecule has 0 spiro atoms. The number of rotatable bonds is 7. The van der Waals surface area contributed by atoms with Crippen LogP contribution < -0.4 is 10.1 Å².